The number of unbranched alkanes of at least 4 members (excludes halogenated alkanes) is 1. The van der Waals surface area contributed by atoms with Crippen LogP contribution in [0.4, 0.5) is 8.78 Å². The molecule has 6 nitrogen and oxygen atoms in total. The van der Waals surface area contributed by atoms with Crippen molar-refractivity contribution in [2.75, 3.05) is 6.61 Å². The minimum Gasteiger partial charge on any atom is -0.507 e. The third-order valence-corrected chi connectivity index (χ3v) is 19.1. The second-order valence-corrected chi connectivity index (χ2v) is 33.6. The molecule has 8 aromatic carbocycles. The maximum absolute atomic E-state index is 15.6. The summed E-state index contributed by atoms with van der Waals surface area (Å²) in [6.45, 7) is 47.8. The van der Waals surface area contributed by atoms with Gasteiger partial charge in [0.05, 0.1) is 40.0 Å². The second kappa shape index (κ2) is 23.2. The van der Waals surface area contributed by atoms with Crippen LogP contribution in [0.1, 0.15) is 211 Å². The normalized spacial score (nSPS) is 13.4. The van der Waals surface area contributed by atoms with Crippen molar-refractivity contribution in [3.05, 3.63) is 178 Å². The first-order valence-corrected chi connectivity index (χ1v) is 32.9. The molecule has 0 bridgehead atoms. The largest absolute Gasteiger partial charge is 0.507 e. The van der Waals surface area contributed by atoms with E-state index in [9.17, 15) is 15.3 Å². The molecular weight excluding hydrogens is 1130 g/mol. The van der Waals surface area contributed by atoms with E-state index in [1.54, 1.807) is 6.07 Å². The lowest BCUT2D eigenvalue weighted by molar-refractivity contribution is 0.283. The average molecular weight is 1230 g/mol. The van der Waals surface area contributed by atoms with E-state index in [1.807, 2.05) is 6.07 Å². The number of aromatic hydroxyl groups is 3. The summed E-state index contributed by atoms with van der Waals surface area (Å²) in [7, 11) is 0. The Balaban J connectivity index is 1.14. The number of fused-ring (bicyclic) bond motifs is 6. The van der Waals surface area contributed by atoms with Gasteiger partial charge in [-0.3, -0.25) is 0 Å². The highest BCUT2D eigenvalue weighted by Crippen LogP contribution is 2.51. The molecule has 0 radical (unpaired) electrons. The van der Waals surface area contributed by atoms with Crippen LogP contribution >= 0.6 is 0 Å². The molecule has 3 N–H and O–H groups in total. The number of ether oxygens (including phenoxy) is 1. The molecule has 8 heteroatoms. The van der Waals surface area contributed by atoms with Gasteiger partial charge in [0.1, 0.15) is 34.6 Å². The number of phenolic OH excluding ortho intramolecular Hbond substituents is 3. The fraction of sp³-hybridized carbons (Fsp3) is 0.422. The Morgan fingerprint density at radius 1 is 0.363 bits per heavy atom. The van der Waals surface area contributed by atoms with Gasteiger partial charge in [0.15, 0.2) is 0 Å². The van der Waals surface area contributed by atoms with E-state index in [0.717, 1.165) is 86.8 Å². The molecule has 0 saturated carbocycles. The zero-order valence-corrected chi connectivity index (χ0v) is 58.3. The van der Waals surface area contributed by atoms with Crippen molar-refractivity contribution in [1.29, 1.82) is 0 Å². The van der Waals surface area contributed by atoms with Gasteiger partial charge in [0.2, 0.25) is 0 Å². The smallest absolute Gasteiger partial charge is 0.147 e. The minimum atomic E-state index is -0.504. The Morgan fingerprint density at radius 2 is 0.714 bits per heavy atom. The van der Waals surface area contributed by atoms with Crippen LogP contribution in [0, 0.1) is 22.5 Å². The molecule has 2 aromatic heterocycles. The Labute approximate surface area is 541 Å². The van der Waals surface area contributed by atoms with Gasteiger partial charge >= 0.3 is 0 Å². The molecule has 0 aliphatic carbocycles. The number of nitrogens with zero attached hydrogens (tertiary/aromatic N) is 2. The molecule has 10 aromatic rings. The van der Waals surface area contributed by atoms with Gasteiger partial charge in [-0.2, -0.15) is 0 Å². The van der Waals surface area contributed by atoms with Crippen molar-refractivity contribution < 1.29 is 28.8 Å². The molecular formula is C83H100F2N2O4. The highest BCUT2D eigenvalue weighted by Gasteiger charge is 2.36. The van der Waals surface area contributed by atoms with Crippen LogP contribution in [-0.4, -0.2) is 31.1 Å². The predicted molar refractivity (Wildman–Crippen MR) is 380 cm³/mol. The van der Waals surface area contributed by atoms with Gasteiger partial charge in [-0.15, -0.1) is 0 Å². The van der Waals surface area contributed by atoms with Gasteiger partial charge in [0.25, 0.3) is 0 Å². The summed E-state index contributed by atoms with van der Waals surface area (Å²) >= 11 is 0. The van der Waals surface area contributed by atoms with E-state index >= 15 is 8.78 Å². The number of phenols is 3. The van der Waals surface area contributed by atoms with Crippen LogP contribution in [0.3, 0.4) is 0 Å². The standard InChI is InChI=1S/C83H100F2N2O4/c1-22-23-36-91-73-35-29-57(85)46-63(73)65-42-55(81(16,17)48-77(5,6)7)44-71(75(65)90)87-67-31-25-51(79(11,12)13)38-59(67)61-40-53(27-33-69(61)87)83(20,21)49-82(18,19)52-26-32-68-60(39-52)58-37-50(78(8,9)10)24-30-66(58)86(68)70-43-54(80(14,15)47-76(2,3)4)41-64(74(70)89)62-45-56(84)28-34-72(62)88/h24-35,37-46,88-90H,22-23,36,47-49H2,1-21H3. The van der Waals surface area contributed by atoms with E-state index in [-0.39, 0.29) is 66.1 Å². The van der Waals surface area contributed by atoms with Crippen LogP contribution in [0.25, 0.3) is 77.2 Å². The summed E-state index contributed by atoms with van der Waals surface area (Å²) in [5.41, 5.74) is 11.5. The number of aromatic nitrogens is 2. The summed E-state index contributed by atoms with van der Waals surface area (Å²) in [6, 6.07) is 43.8. The van der Waals surface area contributed by atoms with Crippen LogP contribution in [-0.2, 0) is 32.5 Å². The van der Waals surface area contributed by atoms with E-state index in [2.05, 4.69) is 246 Å². The van der Waals surface area contributed by atoms with Crippen molar-refractivity contribution in [2.45, 2.75) is 210 Å². The summed E-state index contributed by atoms with van der Waals surface area (Å²) in [6.07, 6.45) is 4.27. The Morgan fingerprint density at radius 3 is 1.10 bits per heavy atom. The third-order valence-electron chi connectivity index (χ3n) is 19.1. The highest BCUT2D eigenvalue weighted by molar-refractivity contribution is 6.11. The van der Waals surface area contributed by atoms with Gasteiger partial charge in [-0.05, 0) is 212 Å². The molecule has 0 saturated heterocycles. The molecule has 2 heterocycles. The van der Waals surface area contributed by atoms with Crippen molar-refractivity contribution in [1.82, 2.24) is 9.13 Å². The number of rotatable bonds is 16. The first-order valence-electron chi connectivity index (χ1n) is 32.9. The maximum atomic E-state index is 15.6. The molecule has 0 aliphatic heterocycles. The SMILES string of the molecule is CCCCOc1ccc(F)cc1-c1cc(C(C)(C)CC(C)(C)C)cc(-n2c3ccc(C(C)(C)C)cc3c3cc(C(C)(C)CC(C)(C)c4ccc5c(c4)c4cc(C(C)(C)C)ccc4n5-c4cc(C(C)(C)CC(C)(C)C)cc(-c5cc(F)ccc5O)c4O)ccc32)c1O. The number of hydrogen-bond donors (Lipinski definition) is 3. The quantitative estimate of drug-likeness (QED) is 0.0842. The van der Waals surface area contributed by atoms with E-state index in [1.165, 1.54) is 52.6 Å². The van der Waals surface area contributed by atoms with E-state index in [0.29, 0.717) is 40.4 Å². The molecule has 0 spiro atoms. The molecule has 0 amide bonds. The topological polar surface area (TPSA) is 79.8 Å². The monoisotopic (exact) mass is 1230 g/mol. The summed E-state index contributed by atoms with van der Waals surface area (Å²) in [4.78, 5) is 0. The first kappa shape index (κ1) is 66.3. The zero-order chi connectivity index (χ0) is 66.7. The van der Waals surface area contributed by atoms with Crippen LogP contribution < -0.4 is 4.74 Å². The highest BCUT2D eigenvalue weighted by atomic mass is 19.1. The summed E-state index contributed by atoms with van der Waals surface area (Å²) in [5.74, 6) is -0.472. The predicted octanol–water partition coefficient (Wildman–Crippen LogP) is 23.5. The first-order chi connectivity index (χ1) is 42.1. The van der Waals surface area contributed by atoms with E-state index in [4.69, 9.17) is 4.74 Å². The molecule has 0 fully saturated rings. The lowest BCUT2D eigenvalue weighted by Crippen LogP contribution is -2.29. The summed E-state index contributed by atoms with van der Waals surface area (Å²) < 4.78 is 41.5. The molecule has 10 rings (SSSR count). The van der Waals surface area contributed by atoms with Crippen molar-refractivity contribution in [3.63, 3.8) is 0 Å². The van der Waals surface area contributed by atoms with Crippen LogP contribution in [0.2, 0.25) is 0 Å². The fourth-order valence-corrected chi connectivity index (χ4v) is 15.2. The fourth-order valence-electron chi connectivity index (χ4n) is 15.2. The molecule has 0 aliphatic rings. The molecule has 91 heavy (non-hydrogen) atoms. The number of benzene rings is 8. The Kier molecular flexibility index (Phi) is 16.9. The van der Waals surface area contributed by atoms with Gasteiger partial charge in [0, 0.05) is 43.8 Å². The average Bonchev–Trinajstić information content (AvgIpc) is 1.61. The van der Waals surface area contributed by atoms with Gasteiger partial charge in [-0.1, -0.05) is 176 Å². The van der Waals surface area contributed by atoms with Crippen LogP contribution in [0.15, 0.2) is 133 Å². The summed E-state index contributed by atoms with van der Waals surface area (Å²) in [5, 5.41) is 41.3. The minimum absolute atomic E-state index is 0.0149. The number of halogens is 2. The lowest BCUT2D eigenvalue weighted by Gasteiger charge is -2.36. The maximum Gasteiger partial charge on any atom is 0.147 e. The zero-order valence-electron chi connectivity index (χ0n) is 58.3. The van der Waals surface area contributed by atoms with Crippen LogP contribution in [0.5, 0.6) is 23.0 Å². The van der Waals surface area contributed by atoms with Gasteiger partial charge in [-0.25, -0.2) is 8.78 Å². The Hall–Kier alpha value is -7.58. The lowest BCUT2D eigenvalue weighted by atomic mass is 9.68. The molecule has 0 atom stereocenters. The third kappa shape index (κ3) is 13.1. The molecule has 0 unspecified atom stereocenters. The van der Waals surface area contributed by atoms with E-state index < -0.39 is 11.6 Å². The molecule has 480 valence electrons. The van der Waals surface area contributed by atoms with Crippen molar-refractivity contribution >= 4 is 43.6 Å². The van der Waals surface area contributed by atoms with Crippen molar-refractivity contribution in [2.24, 2.45) is 10.8 Å². The van der Waals surface area contributed by atoms with Crippen molar-refractivity contribution in [3.8, 4) is 56.6 Å². The second-order valence-electron chi connectivity index (χ2n) is 33.6. The number of hydrogen-bond acceptors (Lipinski definition) is 4. The Bertz CT molecular complexity index is 4440. The van der Waals surface area contributed by atoms with Gasteiger partial charge < -0.3 is 29.2 Å².